The molecule has 0 atom stereocenters. The molecule has 15 rings (SSSR count). The van der Waals surface area contributed by atoms with Gasteiger partial charge in [-0.1, -0.05) is 118 Å². The quantitative estimate of drug-likeness (QED) is 0.0231. The maximum atomic E-state index is 15.2. The molecule has 0 aliphatic carbocycles. The van der Waals surface area contributed by atoms with E-state index >= 15 is 9.59 Å². The topological polar surface area (TPSA) is 186 Å². The van der Waals surface area contributed by atoms with Crippen LogP contribution in [0, 0.1) is 23.7 Å². The average Bonchev–Trinajstić information content (AvgIpc) is 0.686. The lowest BCUT2D eigenvalue weighted by atomic mass is 9.80. The molecule has 0 radical (unpaired) electrons. The number of amides is 8. The molecule has 0 unspecified atom stereocenters. The number of fused-ring (bicyclic) bond motifs is 4. The third-order valence-corrected chi connectivity index (χ3v) is 21.6. The molecule has 16 heteroatoms. The summed E-state index contributed by atoms with van der Waals surface area (Å²) in [6.45, 7) is 16.5. The highest BCUT2D eigenvalue weighted by Crippen LogP contribution is 2.53. The highest BCUT2D eigenvalue weighted by molar-refractivity contribution is 6.45. The number of ether oxygens (including phenoxy) is 4. The van der Waals surface area contributed by atoms with Gasteiger partial charge in [-0.25, -0.2) is 0 Å². The predicted molar refractivity (Wildman–Crippen MR) is 401 cm³/mol. The van der Waals surface area contributed by atoms with Crippen molar-refractivity contribution in [3.8, 4) is 35.2 Å². The minimum atomic E-state index is -0.427. The van der Waals surface area contributed by atoms with Crippen molar-refractivity contribution in [1.82, 2.24) is 19.6 Å². The molecular formula is C86H82N4O12. The number of imide groups is 4. The first-order valence-corrected chi connectivity index (χ1v) is 35.0. The third-order valence-electron chi connectivity index (χ3n) is 21.6. The van der Waals surface area contributed by atoms with Gasteiger partial charge in [0.05, 0.1) is 24.3 Å². The molecule has 0 saturated heterocycles. The highest BCUT2D eigenvalue weighted by atomic mass is 16.5. The second-order valence-corrected chi connectivity index (χ2v) is 26.5. The highest BCUT2D eigenvalue weighted by Gasteiger charge is 2.44. The summed E-state index contributed by atoms with van der Waals surface area (Å²) in [5.74, 6) is 11.4. The summed E-state index contributed by atoms with van der Waals surface area (Å²) < 4.78 is 24.1. The standard InChI is InChI=1S/C84H74N4O12.2CH4/c1-11-47(12-2)85-77(89)55-33-29-53-71-63(99-37-35-97-9)41-61-69-57(79(91)87(83(61)95)49(15-5)16-6)31-27-51(75(69)71)65-45(39-59(81(85)93)67(55)73(53)65)25-23-43-19-21-44(22-20-43)24-26-46-40-60-68-56(78(90)86(82(60)94)48(13-3)14-4)34-30-54-72-64(100-38-36-98-10)42-62-70-58(32-28-52(76(70)72)66(46)74(54)68)80(92)88(84(62)96)50(17-7)18-8;;/h19-22,27-34,39-42,47-50H,11-18,35-38H2,1-10H3;2*1H4. The normalized spacial score (nSPS) is 14.3. The zero-order valence-electron chi connectivity index (χ0n) is 57.7. The summed E-state index contributed by atoms with van der Waals surface area (Å²) in [5.41, 5.74) is 5.01. The van der Waals surface area contributed by atoms with Crippen LogP contribution in [0.3, 0.4) is 0 Å². The lowest BCUT2D eigenvalue weighted by Gasteiger charge is -2.35. The number of hydrogen-bond acceptors (Lipinski definition) is 12. The van der Waals surface area contributed by atoms with E-state index in [0.717, 1.165) is 0 Å². The summed E-state index contributed by atoms with van der Waals surface area (Å²) in [5, 5.41) is 9.63. The van der Waals surface area contributed by atoms with Gasteiger partial charge in [0.1, 0.15) is 24.7 Å². The van der Waals surface area contributed by atoms with Crippen molar-refractivity contribution in [3.63, 3.8) is 0 Å². The Morgan fingerprint density at radius 1 is 0.284 bits per heavy atom. The van der Waals surface area contributed by atoms with Gasteiger partial charge in [0, 0.05) is 159 Å². The van der Waals surface area contributed by atoms with Crippen LogP contribution in [0.1, 0.15) is 227 Å². The maximum absolute atomic E-state index is 15.2. The molecule has 0 N–H and O–H groups in total. The van der Waals surface area contributed by atoms with E-state index in [1.54, 1.807) is 62.8 Å². The molecule has 0 saturated carbocycles. The first kappa shape index (κ1) is 69.7. The van der Waals surface area contributed by atoms with Gasteiger partial charge < -0.3 is 18.9 Å². The van der Waals surface area contributed by atoms with Gasteiger partial charge >= 0.3 is 0 Å². The van der Waals surface area contributed by atoms with E-state index in [1.807, 2.05) is 104 Å². The largest absolute Gasteiger partial charge is 0.490 e. The molecule has 0 bridgehead atoms. The van der Waals surface area contributed by atoms with Crippen molar-refractivity contribution in [2.45, 2.75) is 146 Å². The van der Waals surface area contributed by atoms with E-state index in [2.05, 4.69) is 23.7 Å². The monoisotopic (exact) mass is 1360 g/mol. The zero-order chi connectivity index (χ0) is 70.0. The minimum Gasteiger partial charge on any atom is -0.490 e. The number of nitrogens with zero attached hydrogens (tertiary/aromatic N) is 4. The fourth-order valence-corrected chi connectivity index (χ4v) is 16.7. The average molecular weight is 1360 g/mol. The second-order valence-electron chi connectivity index (χ2n) is 26.5. The molecule has 11 aromatic carbocycles. The van der Waals surface area contributed by atoms with Crippen LogP contribution in [0.25, 0.3) is 86.2 Å². The van der Waals surface area contributed by atoms with Crippen LogP contribution in [0.5, 0.6) is 11.5 Å². The van der Waals surface area contributed by atoms with E-state index < -0.39 is 23.6 Å². The van der Waals surface area contributed by atoms with E-state index in [1.165, 1.54) is 19.6 Å². The molecule has 4 aliphatic heterocycles. The zero-order valence-corrected chi connectivity index (χ0v) is 57.7. The Morgan fingerprint density at radius 3 is 0.794 bits per heavy atom. The Labute approximate surface area is 592 Å². The van der Waals surface area contributed by atoms with Crippen molar-refractivity contribution in [2.24, 2.45) is 0 Å². The van der Waals surface area contributed by atoms with E-state index in [9.17, 15) is 28.8 Å². The number of methoxy groups -OCH3 is 2. The molecule has 4 heterocycles. The van der Waals surface area contributed by atoms with Gasteiger partial charge in [-0.3, -0.25) is 58.0 Å². The lowest BCUT2D eigenvalue weighted by molar-refractivity contribution is 0.0514. The molecule has 11 aromatic rings. The van der Waals surface area contributed by atoms with Crippen LogP contribution in [0.4, 0.5) is 0 Å². The molecule has 518 valence electrons. The smallest absolute Gasteiger partial charge is 0.261 e. The fraction of sp³-hybridized carbons (Fsp3) is 0.326. The summed E-state index contributed by atoms with van der Waals surface area (Å²) >= 11 is 0. The van der Waals surface area contributed by atoms with Crippen LogP contribution in [0.2, 0.25) is 0 Å². The number of carbonyl (C=O) groups is 8. The number of rotatable bonds is 20. The van der Waals surface area contributed by atoms with Crippen molar-refractivity contribution in [3.05, 3.63) is 164 Å². The molecule has 16 nitrogen and oxygen atoms in total. The van der Waals surface area contributed by atoms with E-state index in [-0.39, 0.29) is 89.1 Å². The Bertz CT molecular complexity index is 5230. The predicted octanol–water partition coefficient (Wildman–Crippen LogP) is 17.0. The SMILES string of the molecule is C.C.CCC(CC)N1C(=O)c2ccc3c4c(OCCOC)cc5c6c(ccc(c7c(C#Cc8ccc(C#Cc9cc%10c%11c(ccc%12c%13c(OCCOC)cc%14c%15c(ccc(c9c%11%12)c%15%13)C(=O)N(C(CC)CC)C%14=O)C(=O)N(C(CC)CC)C%10=O)cc8)cc(c2c37)C1=O)c64)C(=O)N(C(CC)CC)C5=O. The van der Waals surface area contributed by atoms with Gasteiger partial charge in [0.15, 0.2) is 0 Å². The molecule has 0 spiro atoms. The van der Waals surface area contributed by atoms with Crippen molar-refractivity contribution in [2.75, 3.05) is 40.6 Å². The van der Waals surface area contributed by atoms with E-state index in [0.29, 0.717) is 216 Å². The van der Waals surface area contributed by atoms with Gasteiger partial charge in [-0.15, -0.1) is 0 Å². The first-order valence-electron chi connectivity index (χ1n) is 35.0. The summed E-state index contributed by atoms with van der Waals surface area (Å²) in [4.78, 5) is 125. The molecule has 8 amide bonds. The lowest BCUT2D eigenvalue weighted by Crippen LogP contribution is -2.46. The molecule has 0 aromatic heterocycles. The van der Waals surface area contributed by atoms with Gasteiger partial charge in [-0.2, -0.15) is 0 Å². The molecule has 0 fully saturated rings. The Kier molecular flexibility index (Phi) is 18.4. The molecule has 102 heavy (non-hydrogen) atoms. The third kappa shape index (κ3) is 10.0. The minimum absolute atomic E-state index is 0. The number of carbonyl (C=O) groups excluding carboxylic acids is 8. The van der Waals surface area contributed by atoms with Crippen LogP contribution in [-0.4, -0.2) is 132 Å². The molecular weight excluding hydrogens is 1280 g/mol. The van der Waals surface area contributed by atoms with Crippen molar-refractivity contribution >= 4 is 133 Å². The summed E-state index contributed by atoms with van der Waals surface area (Å²) in [6.07, 6.45) is 4.50. The summed E-state index contributed by atoms with van der Waals surface area (Å²) in [6, 6.07) is 27.7. The maximum Gasteiger partial charge on any atom is 0.261 e. The van der Waals surface area contributed by atoms with Crippen LogP contribution < -0.4 is 9.47 Å². The Balaban J connectivity index is 0.00000464. The van der Waals surface area contributed by atoms with Crippen molar-refractivity contribution in [1.29, 1.82) is 0 Å². The van der Waals surface area contributed by atoms with Crippen LogP contribution >= 0.6 is 0 Å². The van der Waals surface area contributed by atoms with Gasteiger partial charge in [-0.05, 0) is 146 Å². The number of hydrogen-bond donors (Lipinski definition) is 0. The fourth-order valence-electron chi connectivity index (χ4n) is 16.7. The first-order chi connectivity index (χ1) is 48.6. The van der Waals surface area contributed by atoms with Crippen LogP contribution in [-0.2, 0) is 9.47 Å². The number of benzene rings is 11. The Hall–Kier alpha value is -10.8. The molecule has 4 aliphatic rings. The summed E-state index contributed by atoms with van der Waals surface area (Å²) in [7, 11) is 3.16. The Morgan fingerprint density at radius 2 is 0.529 bits per heavy atom. The van der Waals surface area contributed by atoms with Crippen molar-refractivity contribution < 1.29 is 57.3 Å². The van der Waals surface area contributed by atoms with Gasteiger partial charge in [0.25, 0.3) is 47.3 Å². The van der Waals surface area contributed by atoms with Crippen LogP contribution in [0.15, 0.2) is 97.1 Å². The van der Waals surface area contributed by atoms with E-state index in [4.69, 9.17) is 18.9 Å². The second kappa shape index (κ2) is 27.0. The van der Waals surface area contributed by atoms with Gasteiger partial charge in [0.2, 0.25) is 0 Å².